The van der Waals surface area contributed by atoms with E-state index in [2.05, 4.69) is 9.97 Å². The van der Waals surface area contributed by atoms with Crippen molar-refractivity contribution in [2.24, 2.45) is 7.05 Å². The highest BCUT2D eigenvalue weighted by atomic mass is 15.0. The van der Waals surface area contributed by atoms with Gasteiger partial charge in [-0.15, -0.1) is 0 Å². The fourth-order valence-electron chi connectivity index (χ4n) is 1.27. The van der Waals surface area contributed by atoms with Crippen molar-refractivity contribution in [2.75, 3.05) is 11.5 Å². The Kier molecular flexibility index (Phi) is 2.91. The second-order valence-electron chi connectivity index (χ2n) is 2.65. The number of hydrogen-bond acceptors (Lipinski definition) is 4. The number of rotatable bonds is 0. The molecule has 0 aromatic carbocycles. The van der Waals surface area contributed by atoms with Crippen LogP contribution in [0.1, 0.15) is 13.8 Å². The Bertz CT molecular complexity index is 432. The molecule has 0 saturated carbocycles. The fourth-order valence-corrected chi connectivity index (χ4v) is 1.27. The Labute approximate surface area is 82.8 Å². The summed E-state index contributed by atoms with van der Waals surface area (Å²) in [7, 11) is 1.87. The lowest BCUT2D eigenvalue weighted by atomic mass is 10.3. The molecule has 0 aliphatic carbocycles. The minimum absolute atomic E-state index is 0.429. The molecule has 0 spiro atoms. The highest BCUT2D eigenvalue weighted by Crippen LogP contribution is 2.24. The average molecular weight is 193 g/mol. The number of nitrogens with zero attached hydrogens (tertiary/aromatic N) is 3. The summed E-state index contributed by atoms with van der Waals surface area (Å²) < 4.78 is 1.82. The predicted octanol–water partition coefficient (Wildman–Crippen LogP) is 1.16. The van der Waals surface area contributed by atoms with Crippen LogP contribution in [-0.2, 0) is 7.05 Å². The van der Waals surface area contributed by atoms with E-state index >= 15 is 0 Å². The third kappa shape index (κ3) is 1.48. The molecule has 0 bridgehead atoms. The van der Waals surface area contributed by atoms with E-state index in [1.54, 1.807) is 6.20 Å². The lowest BCUT2D eigenvalue weighted by Crippen LogP contribution is -1.94. The molecule has 5 heteroatoms. The molecule has 5 nitrogen and oxygen atoms in total. The number of nitrogens with two attached hydrogens (primary N) is 2. The molecular weight excluding hydrogens is 178 g/mol. The van der Waals surface area contributed by atoms with Gasteiger partial charge in [-0.25, -0.2) is 9.97 Å². The second-order valence-corrected chi connectivity index (χ2v) is 2.65. The van der Waals surface area contributed by atoms with Crippen LogP contribution in [0.2, 0.25) is 0 Å². The zero-order chi connectivity index (χ0) is 10.7. The number of fused-ring (bicyclic) bond motifs is 1. The van der Waals surface area contributed by atoms with Crippen LogP contribution in [0.4, 0.5) is 11.5 Å². The minimum atomic E-state index is 0.429. The van der Waals surface area contributed by atoms with Crippen molar-refractivity contribution >= 4 is 22.5 Å². The number of nitrogen functional groups attached to an aromatic ring is 2. The first-order valence-electron chi connectivity index (χ1n) is 4.51. The van der Waals surface area contributed by atoms with Crippen molar-refractivity contribution in [3.8, 4) is 0 Å². The van der Waals surface area contributed by atoms with E-state index < -0.39 is 0 Å². The van der Waals surface area contributed by atoms with Crippen molar-refractivity contribution < 1.29 is 0 Å². The normalized spacial score (nSPS) is 9.64. The van der Waals surface area contributed by atoms with E-state index in [0.717, 1.165) is 11.0 Å². The Morgan fingerprint density at radius 3 is 2.43 bits per heavy atom. The van der Waals surface area contributed by atoms with Gasteiger partial charge in [0.1, 0.15) is 17.8 Å². The number of aryl methyl sites for hydroxylation is 1. The molecule has 0 aliphatic rings. The van der Waals surface area contributed by atoms with Gasteiger partial charge in [0.05, 0.1) is 11.1 Å². The Morgan fingerprint density at radius 2 is 1.86 bits per heavy atom. The summed E-state index contributed by atoms with van der Waals surface area (Å²) >= 11 is 0. The molecule has 0 saturated heterocycles. The van der Waals surface area contributed by atoms with E-state index in [1.165, 1.54) is 6.33 Å². The summed E-state index contributed by atoms with van der Waals surface area (Å²) in [5.41, 5.74) is 12.7. The van der Waals surface area contributed by atoms with Crippen LogP contribution in [0.15, 0.2) is 12.5 Å². The molecule has 2 aromatic rings. The van der Waals surface area contributed by atoms with Crippen molar-refractivity contribution in [3.63, 3.8) is 0 Å². The lowest BCUT2D eigenvalue weighted by Gasteiger charge is -1.95. The third-order valence-corrected chi connectivity index (χ3v) is 1.81. The van der Waals surface area contributed by atoms with Crippen LogP contribution >= 0.6 is 0 Å². The van der Waals surface area contributed by atoms with Crippen LogP contribution < -0.4 is 11.5 Å². The summed E-state index contributed by atoms with van der Waals surface area (Å²) in [6.07, 6.45) is 3.20. The average Bonchev–Trinajstić information content (AvgIpc) is 2.47. The van der Waals surface area contributed by atoms with E-state index in [0.29, 0.717) is 11.5 Å². The van der Waals surface area contributed by atoms with E-state index in [-0.39, 0.29) is 0 Å². The summed E-state index contributed by atoms with van der Waals surface area (Å²) in [5, 5.41) is 0.736. The van der Waals surface area contributed by atoms with Gasteiger partial charge in [-0.2, -0.15) is 0 Å². The molecule has 0 aliphatic heterocycles. The van der Waals surface area contributed by atoms with Crippen LogP contribution in [0.3, 0.4) is 0 Å². The van der Waals surface area contributed by atoms with Crippen LogP contribution in [0.25, 0.3) is 11.0 Å². The zero-order valence-corrected chi connectivity index (χ0v) is 8.65. The molecule has 0 unspecified atom stereocenters. The van der Waals surface area contributed by atoms with Gasteiger partial charge in [0, 0.05) is 13.2 Å². The number of anilines is 2. The van der Waals surface area contributed by atoms with Gasteiger partial charge in [-0.05, 0) is 0 Å². The van der Waals surface area contributed by atoms with Crippen LogP contribution in [0, 0.1) is 0 Å². The SMILES string of the molecule is CC.Cn1cc(N)c2c(N)ncnc21. The van der Waals surface area contributed by atoms with Gasteiger partial charge in [0.15, 0.2) is 0 Å². The first-order chi connectivity index (χ1) is 6.70. The first-order valence-corrected chi connectivity index (χ1v) is 4.51. The lowest BCUT2D eigenvalue weighted by molar-refractivity contribution is 0.945. The van der Waals surface area contributed by atoms with Crippen molar-refractivity contribution in [2.45, 2.75) is 13.8 Å². The van der Waals surface area contributed by atoms with Gasteiger partial charge in [0.25, 0.3) is 0 Å². The largest absolute Gasteiger partial charge is 0.397 e. The van der Waals surface area contributed by atoms with E-state index in [9.17, 15) is 0 Å². The quantitative estimate of drug-likeness (QED) is 0.657. The Hall–Kier alpha value is -1.78. The summed E-state index contributed by atoms with van der Waals surface area (Å²) in [6.45, 7) is 4.00. The highest BCUT2D eigenvalue weighted by molar-refractivity contribution is 5.96. The van der Waals surface area contributed by atoms with Crippen LogP contribution in [-0.4, -0.2) is 14.5 Å². The molecule has 2 rings (SSSR count). The molecule has 4 N–H and O–H groups in total. The molecule has 14 heavy (non-hydrogen) atoms. The number of hydrogen-bond donors (Lipinski definition) is 2. The molecule has 76 valence electrons. The molecule has 0 radical (unpaired) electrons. The van der Waals surface area contributed by atoms with Crippen molar-refractivity contribution in [1.29, 1.82) is 0 Å². The van der Waals surface area contributed by atoms with Gasteiger partial charge < -0.3 is 16.0 Å². The molecular formula is C9H15N5. The third-order valence-electron chi connectivity index (χ3n) is 1.81. The minimum Gasteiger partial charge on any atom is -0.397 e. The molecule has 2 heterocycles. The molecule has 0 fully saturated rings. The maximum absolute atomic E-state index is 5.70. The zero-order valence-electron chi connectivity index (χ0n) is 8.65. The summed E-state index contributed by atoms with van der Waals surface area (Å²) in [4.78, 5) is 7.91. The van der Waals surface area contributed by atoms with Gasteiger partial charge in [-0.3, -0.25) is 0 Å². The smallest absolute Gasteiger partial charge is 0.147 e. The summed E-state index contributed by atoms with van der Waals surface area (Å²) in [5.74, 6) is 0.429. The Balaban J connectivity index is 0.000000461. The summed E-state index contributed by atoms with van der Waals surface area (Å²) in [6, 6.07) is 0. The molecule has 0 amide bonds. The van der Waals surface area contributed by atoms with Gasteiger partial charge in [0.2, 0.25) is 0 Å². The number of aromatic nitrogens is 3. The topological polar surface area (TPSA) is 82.8 Å². The predicted molar refractivity (Wildman–Crippen MR) is 58.7 cm³/mol. The van der Waals surface area contributed by atoms with Crippen LogP contribution in [0.5, 0.6) is 0 Å². The van der Waals surface area contributed by atoms with Crippen molar-refractivity contribution in [1.82, 2.24) is 14.5 Å². The fraction of sp³-hybridized carbons (Fsp3) is 0.333. The van der Waals surface area contributed by atoms with E-state index in [1.807, 2.05) is 25.5 Å². The van der Waals surface area contributed by atoms with E-state index in [4.69, 9.17) is 11.5 Å². The maximum Gasteiger partial charge on any atom is 0.147 e. The first kappa shape index (κ1) is 10.3. The van der Waals surface area contributed by atoms with Crippen molar-refractivity contribution in [3.05, 3.63) is 12.5 Å². The van der Waals surface area contributed by atoms with Gasteiger partial charge >= 0.3 is 0 Å². The van der Waals surface area contributed by atoms with Gasteiger partial charge in [-0.1, -0.05) is 13.8 Å². The maximum atomic E-state index is 5.70. The standard InChI is InChI=1S/C7H9N5.C2H6/c1-12-2-4(8)5-6(9)10-3-11-7(5)12;1-2/h2-3H,8H2,1H3,(H2,9,10,11);1-2H3. The monoisotopic (exact) mass is 193 g/mol. The molecule has 2 aromatic heterocycles. The highest BCUT2D eigenvalue weighted by Gasteiger charge is 2.07. The second kappa shape index (κ2) is 3.95. The molecule has 0 atom stereocenters. The Morgan fingerprint density at radius 1 is 1.21 bits per heavy atom.